The molecule has 0 bridgehead atoms. The first-order chi connectivity index (χ1) is 9.11. The van der Waals surface area contributed by atoms with Crippen molar-refractivity contribution in [3.8, 4) is 11.5 Å². The highest BCUT2D eigenvalue weighted by Crippen LogP contribution is 2.34. The lowest BCUT2D eigenvalue weighted by Gasteiger charge is -2.11. The van der Waals surface area contributed by atoms with Crippen molar-refractivity contribution >= 4 is 28.9 Å². The number of aromatic hydroxyl groups is 1. The predicted octanol–water partition coefficient (Wildman–Crippen LogP) is 4.32. The van der Waals surface area contributed by atoms with Crippen LogP contribution in [-0.4, -0.2) is 12.2 Å². The highest BCUT2D eigenvalue weighted by molar-refractivity contribution is 6.37. The van der Waals surface area contributed by atoms with Crippen molar-refractivity contribution in [2.75, 3.05) is 12.4 Å². The van der Waals surface area contributed by atoms with E-state index in [9.17, 15) is 5.11 Å². The van der Waals surface area contributed by atoms with Gasteiger partial charge < -0.3 is 15.2 Å². The van der Waals surface area contributed by atoms with Gasteiger partial charge in [-0.15, -0.1) is 0 Å². The van der Waals surface area contributed by atoms with E-state index >= 15 is 0 Å². The van der Waals surface area contributed by atoms with E-state index in [-0.39, 0.29) is 15.8 Å². The Balaban J connectivity index is 2.15. The first kappa shape index (κ1) is 13.8. The first-order valence-electron chi connectivity index (χ1n) is 5.65. The highest BCUT2D eigenvalue weighted by Gasteiger charge is 2.07. The molecule has 2 aromatic carbocycles. The van der Waals surface area contributed by atoms with E-state index in [0.717, 1.165) is 17.0 Å². The van der Waals surface area contributed by atoms with Gasteiger partial charge in [0.05, 0.1) is 17.2 Å². The van der Waals surface area contributed by atoms with Crippen LogP contribution in [-0.2, 0) is 6.54 Å². The number of hydrogen-bond donors (Lipinski definition) is 2. The molecule has 19 heavy (non-hydrogen) atoms. The fourth-order valence-electron chi connectivity index (χ4n) is 1.71. The van der Waals surface area contributed by atoms with Crippen molar-refractivity contribution < 1.29 is 9.84 Å². The lowest BCUT2D eigenvalue weighted by atomic mass is 10.2. The molecule has 0 saturated carbocycles. The molecule has 0 saturated heterocycles. The average Bonchev–Trinajstić information content (AvgIpc) is 2.42. The number of methoxy groups -OCH3 is 1. The Kier molecular flexibility index (Phi) is 4.40. The van der Waals surface area contributed by atoms with Gasteiger partial charge in [-0.25, -0.2) is 0 Å². The summed E-state index contributed by atoms with van der Waals surface area (Å²) in [5, 5.41) is 13.1. The fourth-order valence-corrected chi connectivity index (χ4v) is 2.20. The lowest BCUT2D eigenvalue weighted by Crippen LogP contribution is -2.01. The summed E-state index contributed by atoms with van der Waals surface area (Å²) in [7, 11) is 1.63. The third kappa shape index (κ3) is 3.25. The first-order valence-corrected chi connectivity index (χ1v) is 6.41. The van der Waals surface area contributed by atoms with E-state index in [4.69, 9.17) is 27.9 Å². The van der Waals surface area contributed by atoms with Crippen molar-refractivity contribution in [3.63, 3.8) is 0 Å². The zero-order valence-corrected chi connectivity index (χ0v) is 11.8. The minimum Gasteiger partial charge on any atom is -0.505 e. The number of benzene rings is 2. The Morgan fingerprint density at radius 1 is 1.16 bits per heavy atom. The van der Waals surface area contributed by atoms with E-state index in [0.29, 0.717) is 6.54 Å². The molecule has 0 spiro atoms. The van der Waals surface area contributed by atoms with E-state index in [1.54, 1.807) is 19.2 Å². The van der Waals surface area contributed by atoms with Gasteiger partial charge >= 0.3 is 0 Å². The average molecular weight is 298 g/mol. The molecule has 0 aliphatic carbocycles. The van der Waals surface area contributed by atoms with Crippen LogP contribution in [0.5, 0.6) is 11.5 Å². The molecular weight excluding hydrogens is 285 g/mol. The molecule has 0 fully saturated rings. The molecule has 2 aromatic rings. The van der Waals surface area contributed by atoms with Gasteiger partial charge in [-0.2, -0.15) is 0 Å². The van der Waals surface area contributed by atoms with E-state index in [2.05, 4.69) is 5.32 Å². The number of hydrogen-bond acceptors (Lipinski definition) is 3. The van der Waals surface area contributed by atoms with Crippen molar-refractivity contribution in [1.29, 1.82) is 0 Å². The molecule has 0 aromatic heterocycles. The van der Waals surface area contributed by atoms with Crippen LogP contribution in [0.4, 0.5) is 5.69 Å². The molecule has 0 heterocycles. The Labute approximate surface area is 121 Å². The molecule has 0 aliphatic rings. The summed E-state index contributed by atoms with van der Waals surface area (Å²) >= 11 is 11.7. The van der Waals surface area contributed by atoms with Crippen LogP contribution in [0.15, 0.2) is 36.4 Å². The maximum atomic E-state index is 9.49. The second-order valence-corrected chi connectivity index (χ2v) is 4.77. The molecule has 3 nitrogen and oxygen atoms in total. The summed E-state index contributed by atoms with van der Waals surface area (Å²) in [5.74, 6) is 0.706. The van der Waals surface area contributed by atoms with Crippen LogP contribution in [0.1, 0.15) is 5.56 Å². The molecule has 0 aliphatic heterocycles. The van der Waals surface area contributed by atoms with Gasteiger partial charge in [0.2, 0.25) is 0 Å². The molecule has 0 unspecified atom stereocenters. The van der Waals surface area contributed by atoms with Gasteiger partial charge in [0.1, 0.15) is 5.75 Å². The number of anilines is 1. The zero-order chi connectivity index (χ0) is 13.8. The van der Waals surface area contributed by atoms with E-state index in [1.165, 1.54) is 0 Å². The number of rotatable bonds is 4. The summed E-state index contributed by atoms with van der Waals surface area (Å²) < 4.78 is 5.27. The summed E-state index contributed by atoms with van der Waals surface area (Å²) in [4.78, 5) is 0. The van der Waals surface area contributed by atoms with Gasteiger partial charge in [0.15, 0.2) is 5.75 Å². The summed E-state index contributed by atoms with van der Waals surface area (Å²) in [5.41, 5.74) is 1.75. The minimum absolute atomic E-state index is 0.105. The van der Waals surface area contributed by atoms with Gasteiger partial charge in [0, 0.05) is 17.8 Å². The van der Waals surface area contributed by atoms with Crippen molar-refractivity contribution in [2.24, 2.45) is 0 Å². The molecule has 2 rings (SSSR count). The Hall–Kier alpha value is -1.58. The second kappa shape index (κ2) is 6.04. The van der Waals surface area contributed by atoms with Crippen LogP contribution in [0.25, 0.3) is 0 Å². The number of phenols is 1. The zero-order valence-electron chi connectivity index (χ0n) is 10.3. The van der Waals surface area contributed by atoms with Crippen LogP contribution in [0.3, 0.4) is 0 Å². The topological polar surface area (TPSA) is 41.5 Å². The van der Waals surface area contributed by atoms with Crippen LogP contribution >= 0.6 is 23.2 Å². The van der Waals surface area contributed by atoms with Gasteiger partial charge in [-0.05, 0) is 18.2 Å². The fraction of sp³-hybridized carbons (Fsp3) is 0.143. The molecule has 2 N–H and O–H groups in total. The Morgan fingerprint density at radius 3 is 2.42 bits per heavy atom. The summed E-state index contributed by atoms with van der Waals surface area (Å²) in [6.45, 7) is 0.571. The summed E-state index contributed by atoms with van der Waals surface area (Å²) in [6.07, 6.45) is 0. The number of phenolic OH excluding ortho intramolecular Hbond substituents is 1. The summed E-state index contributed by atoms with van der Waals surface area (Å²) in [6, 6.07) is 11.0. The van der Waals surface area contributed by atoms with Gasteiger partial charge in [-0.1, -0.05) is 41.4 Å². The molecule has 0 atom stereocenters. The van der Waals surface area contributed by atoms with Gasteiger partial charge in [0.25, 0.3) is 0 Å². The Bertz CT molecular complexity index is 564. The minimum atomic E-state index is -0.105. The predicted molar refractivity (Wildman–Crippen MR) is 78.4 cm³/mol. The van der Waals surface area contributed by atoms with Crippen molar-refractivity contribution in [2.45, 2.75) is 6.54 Å². The molecule has 100 valence electrons. The lowest BCUT2D eigenvalue weighted by molar-refractivity contribution is 0.410. The number of halogens is 2. The molecule has 0 radical (unpaired) electrons. The van der Waals surface area contributed by atoms with Crippen LogP contribution in [0, 0.1) is 0 Å². The third-order valence-corrected chi connectivity index (χ3v) is 3.27. The largest absolute Gasteiger partial charge is 0.505 e. The highest BCUT2D eigenvalue weighted by atomic mass is 35.5. The maximum Gasteiger partial charge on any atom is 0.152 e. The van der Waals surface area contributed by atoms with Gasteiger partial charge in [-0.3, -0.25) is 0 Å². The quantitative estimate of drug-likeness (QED) is 0.826. The Morgan fingerprint density at radius 2 is 1.79 bits per heavy atom. The SMILES string of the molecule is COc1ccccc1CNc1cc(Cl)c(O)c(Cl)c1. The standard InChI is InChI=1S/C14H13Cl2NO2/c1-19-13-5-3-2-4-9(13)8-17-10-6-11(15)14(18)12(16)7-10/h2-7,17-18H,8H2,1H3. The third-order valence-electron chi connectivity index (χ3n) is 2.69. The molecule has 5 heteroatoms. The monoisotopic (exact) mass is 297 g/mol. The van der Waals surface area contributed by atoms with Crippen molar-refractivity contribution in [1.82, 2.24) is 0 Å². The smallest absolute Gasteiger partial charge is 0.152 e. The molecule has 0 amide bonds. The second-order valence-electron chi connectivity index (χ2n) is 3.95. The maximum absolute atomic E-state index is 9.49. The number of nitrogens with one attached hydrogen (secondary N) is 1. The normalized spacial score (nSPS) is 10.3. The van der Waals surface area contributed by atoms with E-state index in [1.807, 2.05) is 24.3 Å². The molecular formula is C14H13Cl2NO2. The van der Waals surface area contributed by atoms with E-state index < -0.39 is 0 Å². The number of para-hydroxylation sites is 1. The van der Waals surface area contributed by atoms with Crippen molar-refractivity contribution in [3.05, 3.63) is 52.0 Å². The number of ether oxygens (including phenoxy) is 1. The van der Waals surface area contributed by atoms with Crippen LogP contribution < -0.4 is 10.1 Å². The van der Waals surface area contributed by atoms with Crippen LogP contribution in [0.2, 0.25) is 10.0 Å².